The number of rotatable bonds is 3. The number of carbonyl (C=O) groups is 1. The fourth-order valence-electron chi connectivity index (χ4n) is 1.76. The Morgan fingerprint density at radius 1 is 1.33 bits per heavy atom. The molecule has 1 amide bonds. The van der Waals surface area contributed by atoms with Gasteiger partial charge in [0.05, 0.1) is 0 Å². The lowest BCUT2D eigenvalue weighted by atomic mass is 9.95. The molecular formula is C12H24N2O. The van der Waals surface area contributed by atoms with Gasteiger partial charge in [-0.3, -0.25) is 4.79 Å². The molecule has 0 bridgehead atoms. The van der Waals surface area contributed by atoms with Crippen LogP contribution >= 0.6 is 0 Å². The molecule has 1 rings (SSSR count). The molecule has 2 N–H and O–H groups in total. The third kappa shape index (κ3) is 3.82. The van der Waals surface area contributed by atoms with Crippen LogP contribution in [0.2, 0.25) is 0 Å². The van der Waals surface area contributed by atoms with Crippen molar-refractivity contribution in [1.82, 2.24) is 10.6 Å². The highest BCUT2D eigenvalue weighted by molar-refractivity contribution is 5.78. The highest BCUT2D eigenvalue weighted by atomic mass is 16.1. The molecule has 1 aliphatic heterocycles. The third-order valence-corrected chi connectivity index (χ3v) is 3.42. The van der Waals surface area contributed by atoms with E-state index in [1.54, 1.807) is 0 Å². The molecule has 3 heteroatoms. The molecule has 0 radical (unpaired) electrons. The highest BCUT2D eigenvalue weighted by Crippen LogP contribution is 2.12. The lowest BCUT2D eigenvalue weighted by molar-refractivity contribution is -0.126. The van der Waals surface area contributed by atoms with E-state index in [-0.39, 0.29) is 11.8 Å². The molecular weight excluding hydrogens is 188 g/mol. The van der Waals surface area contributed by atoms with Gasteiger partial charge in [0.2, 0.25) is 5.91 Å². The first kappa shape index (κ1) is 12.5. The van der Waals surface area contributed by atoms with Crippen molar-refractivity contribution < 1.29 is 4.79 Å². The van der Waals surface area contributed by atoms with Gasteiger partial charge in [0.15, 0.2) is 0 Å². The van der Waals surface area contributed by atoms with Crippen LogP contribution in [0.4, 0.5) is 0 Å². The van der Waals surface area contributed by atoms with Gasteiger partial charge in [0, 0.05) is 24.5 Å². The van der Waals surface area contributed by atoms with Gasteiger partial charge in [-0.15, -0.1) is 0 Å². The van der Waals surface area contributed by atoms with Gasteiger partial charge in [0.1, 0.15) is 0 Å². The van der Waals surface area contributed by atoms with Crippen LogP contribution in [-0.4, -0.2) is 24.5 Å². The van der Waals surface area contributed by atoms with Crippen molar-refractivity contribution in [3.05, 3.63) is 0 Å². The summed E-state index contributed by atoms with van der Waals surface area (Å²) in [5, 5.41) is 6.51. The van der Waals surface area contributed by atoms with Crippen LogP contribution in [0.3, 0.4) is 0 Å². The summed E-state index contributed by atoms with van der Waals surface area (Å²) >= 11 is 0. The Kier molecular flexibility index (Phi) is 4.58. The van der Waals surface area contributed by atoms with Crippen molar-refractivity contribution in [3.63, 3.8) is 0 Å². The highest BCUT2D eigenvalue weighted by Gasteiger charge is 2.22. The Morgan fingerprint density at radius 3 is 2.47 bits per heavy atom. The molecule has 3 nitrogen and oxygen atoms in total. The predicted molar refractivity (Wildman–Crippen MR) is 62.6 cm³/mol. The molecule has 3 atom stereocenters. The first-order valence-corrected chi connectivity index (χ1v) is 6.04. The zero-order valence-corrected chi connectivity index (χ0v) is 10.3. The topological polar surface area (TPSA) is 41.1 Å². The van der Waals surface area contributed by atoms with Gasteiger partial charge < -0.3 is 10.6 Å². The van der Waals surface area contributed by atoms with Crippen LogP contribution in [0.25, 0.3) is 0 Å². The normalized spacial score (nSPS) is 28.9. The van der Waals surface area contributed by atoms with E-state index in [0.717, 1.165) is 19.4 Å². The minimum Gasteiger partial charge on any atom is -0.352 e. The summed E-state index contributed by atoms with van der Waals surface area (Å²) in [7, 11) is 0. The van der Waals surface area contributed by atoms with Gasteiger partial charge in [-0.05, 0) is 25.7 Å². The van der Waals surface area contributed by atoms with Crippen LogP contribution in [0.15, 0.2) is 0 Å². The van der Waals surface area contributed by atoms with Crippen molar-refractivity contribution in [3.8, 4) is 0 Å². The van der Waals surface area contributed by atoms with Crippen molar-refractivity contribution in [2.75, 3.05) is 6.54 Å². The van der Waals surface area contributed by atoms with Gasteiger partial charge in [-0.2, -0.15) is 0 Å². The molecule has 1 heterocycles. The van der Waals surface area contributed by atoms with Crippen molar-refractivity contribution in [2.24, 2.45) is 11.8 Å². The monoisotopic (exact) mass is 212 g/mol. The second kappa shape index (κ2) is 5.50. The van der Waals surface area contributed by atoms with Crippen LogP contribution in [-0.2, 0) is 4.79 Å². The van der Waals surface area contributed by atoms with Crippen LogP contribution in [0, 0.1) is 11.8 Å². The van der Waals surface area contributed by atoms with E-state index in [0.29, 0.717) is 18.0 Å². The summed E-state index contributed by atoms with van der Waals surface area (Å²) < 4.78 is 0. The fourth-order valence-corrected chi connectivity index (χ4v) is 1.76. The average Bonchev–Trinajstić information content (AvgIpc) is 2.20. The lowest BCUT2D eigenvalue weighted by Crippen LogP contribution is -2.50. The number of piperidine rings is 1. The predicted octanol–water partition coefficient (Wildman–Crippen LogP) is 1.54. The van der Waals surface area contributed by atoms with E-state index < -0.39 is 0 Å². The standard InChI is InChI=1S/C12H24N2O/c1-8(2)10(4)12(15)14-11-6-5-9(3)13-7-11/h8-11,13H,5-7H2,1-4H3,(H,14,15). The Balaban J connectivity index is 2.32. The maximum Gasteiger partial charge on any atom is 0.223 e. The SMILES string of the molecule is CC1CCC(NC(=O)C(C)C(C)C)CN1. The zero-order chi connectivity index (χ0) is 11.4. The summed E-state index contributed by atoms with van der Waals surface area (Å²) in [6.45, 7) is 9.28. The van der Waals surface area contributed by atoms with E-state index in [1.165, 1.54) is 0 Å². The van der Waals surface area contributed by atoms with E-state index in [4.69, 9.17) is 0 Å². The second-order valence-corrected chi connectivity index (χ2v) is 5.12. The van der Waals surface area contributed by atoms with E-state index >= 15 is 0 Å². The van der Waals surface area contributed by atoms with Crippen LogP contribution < -0.4 is 10.6 Å². The summed E-state index contributed by atoms with van der Waals surface area (Å²) in [6, 6.07) is 0.926. The number of carbonyl (C=O) groups excluding carboxylic acids is 1. The summed E-state index contributed by atoms with van der Waals surface area (Å²) in [6.07, 6.45) is 2.26. The minimum atomic E-state index is 0.115. The Bertz CT molecular complexity index is 208. The molecule has 1 aliphatic rings. The molecule has 0 aromatic rings. The molecule has 3 unspecified atom stereocenters. The third-order valence-electron chi connectivity index (χ3n) is 3.42. The molecule has 0 aromatic carbocycles. The Morgan fingerprint density at radius 2 is 2.00 bits per heavy atom. The summed E-state index contributed by atoms with van der Waals surface area (Å²) in [5.74, 6) is 0.733. The van der Waals surface area contributed by atoms with Crippen LogP contribution in [0.5, 0.6) is 0 Å². The summed E-state index contributed by atoms with van der Waals surface area (Å²) in [4.78, 5) is 11.8. The number of nitrogens with one attached hydrogen (secondary N) is 2. The smallest absolute Gasteiger partial charge is 0.223 e. The largest absolute Gasteiger partial charge is 0.352 e. The molecule has 1 fully saturated rings. The Labute approximate surface area is 93.0 Å². The molecule has 0 aliphatic carbocycles. The molecule has 1 saturated heterocycles. The van der Waals surface area contributed by atoms with Crippen molar-refractivity contribution >= 4 is 5.91 Å². The van der Waals surface area contributed by atoms with Crippen molar-refractivity contribution in [2.45, 2.75) is 52.6 Å². The first-order valence-electron chi connectivity index (χ1n) is 6.04. The minimum absolute atomic E-state index is 0.115. The first-order chi connectivity index (χ1) is 7.00. The maximum absolute atomic E-state index is 11.8. The zero-order valence-electron chi connectivity index (χ0n) is 10.3. The average molecular weight is 212 g/mol. The van der Waals surface area contributed by atoms with Gasteiger partial charge in [-0.1, -0.05) is 20.8 Å². The quantitative estimate of drug-likeness (QED) is 0.745. The maximum atomic E-state index is 11.8. The van der Waals surface area contributed by atoms with E-state index in [9.17, 15) is 4.79 Å². The molecule has 0 saturated carbocycles. The number of hydrogen-bond acceptors (Lipinski definition) is 2. The van der Waals surface area contributed by atoms with Crippen molar-refractivity contribution in [1.29, 1.82) is 0 Å². The molecule has 0 aromatic heterocycles. The van der Waals surface area contributed by atoms with Gasteiger partial charge in [0.25, 0.3) is 0 Å². The van der Waals surface area contributed by atoms with Gasteiger partial charge in [-0.25, -0.2) is 0 Å². The Hall–Kier alpha value is -0.570. The number of amides is 1. The fraction of sp³-hybridized carbons (Fsp3) is 0.917. The molecule has 15 heavy (non-hydrogen) atoms. The second-order valence-electron chi connectivity index (χ2n) is 5.12. The lowest BCUT2D eigenvalue weighted by Gasteiger charge is -2.29. The van der Waals surface area contributed by atoms with E-state index in [2.05, 4.69) is 31.4 Å². The van der Waals surface area contributed by atoms with Crippen LogP contribution in [0.1, 0.15) is 40.5 Å². The summed E-state index contributed by atoms with van der Waals surface area (Å²) in [5.41, 5.74) is 0. The van der Waals surface area contributed by atoms with E-state index in [1.807, 2.05) is 6.92 Å². The molecule has 88 valence electrons. The number of hydrogen-bond donors (Lipinski definition) is 2. The van der Waals surface area contributed by atoms with Gasteiger partial charge >= 0.3 is 0 Å². The molecule has 0 spiro atoms.